The monoisotopic (exact) mass is 242 g/mol. The maximum absolute atomic E-state index is 11.9. The van der Waals surface area contributed by atoms with Crippen molar-refractivity contribution in [3.63, 3.8) is 0 Å². The summed E-state index contributed by atoms with van der Waals surface area (Å²) in [6.07, 6.45) is 0. The van der Waals surface area contributed by atoms with Gasteiger partial charge in [-0.25, -0.2) is 4.98 Å². The van der Waals surface area contributed by atoms with Gasteiger partial charge in [0.2, 0.25) is 0 Å². The van der Waals surface area contributed by atoms with Crippen molar-refractivity contribution in [1.82, 2.24) is 4.98 Å². The van der Waals surface area contributed by atoms with Crippen LogP contribution in [0.1, 0.15) is 16.1 Å². The van der Waals surface area contributed by atoms with Gasteiger partial charge < -0.3 is 10.7 Å². The van der Waals surface area contributed by atoms with Crippen LogP contribution >= 0.6 is 0 Å². The molecule has 0 bridgehead atoms. The molecule has 0 atom stereocenters. The van der Waals surface area contributed by atoms with E-state index in [0.717, 1.165) is 11.4 Å². The molecule has 92 valence electrons. The van der Waals surface area contributed by atoms with Crippen LogP contribution < -0.4 is 16.6 Å². The molecule has 0 aliphatic rings. The van der Waals surface area contributed by atoms with Gasteiger partial charge in [-0.1, -0.05) is 6.07 Å². The third-order valence-electron chi connectivity index (χ3n) is 2.44. The Morgan fingerprint density at radius 1 is 1.17 bits per heavy atom. The van der Waals surface area contributed by atoms with E-state index < -0.39 is 0 Å². The predicted molar refractivity (Wildman–Crippen MR) is 71.2 cm³/mol. The van der Waals surface area contributed by atoms with E-state index in [9.17, 15) is 4.79 Å². The van der Waals surface area contributed by atoms with Crippen LogP contribution in [0.2, 0.25) is 0 Å². The number of aryl methyl sites for hydroxylation is 1. The molecule has 4 N–H and O–H groups in total. The number of nitrogens with one attached hydrogen (secondary N) is 2. The van der Waals surface area contributed by atoms with Crippen molar-refractivity contribution < 1.29 is 4.79 Å². The van der Waals surface area contributed by atoms with E-state index in [1.54, 1.807) is 30.3 Å². The third kappa shape index (κ3) is 2.83. The van der Waals surface area contributed by atoms with E-state index in [0.29, 0.717) is 11.4 Å². The first-order valence-corrected chi connectivity index (χ1v) is 5.51. The highest BCUT2D eigenvalue weighted by Gasteiger charge is 2.06. The highest BCUT2D eigenvalue weighted by molar-refractivity contribution is 6.03. The average Bonchev–Trinajstić information content (AvgIpc) is 2.39. The average molecular weight is 242 g/mol. The highest BCUT2D eigenvalue weighted by atomic mass is 16.1. The number of anilines is 2. The van der Waals surface area contributed by atoms with Gasteiger partial charge in [-0.3, -0.25) is 10.6 Å². The Bertz CT molecular complexity index is 551. The lowest BCUT2D eigenvalue weighted by atomic mass is 10.2. The Labute approximate surface area is 105 Å². The summed E-state index contributed by atoms with van der Waals surface area (Å²) in [5, 5.41) is 2.73. The molecule has 18 heavy (non-hydrogen) atoms. The first-order valence-electron chi connectivity index (χ1n) is 5.51. The Morgan fingerprint density at radius 3 is 2.50 bits per heavy atom. The summed E-state index contributed by atoms with van der Waals surface area (Å²) in [4.78, 5) is 16.1. The molecule has 0 aliphatic carbocycles. The largest absolute Gasteiger partial charge is 0.324 e. The molecular formula is C13H14N4O. The van der Waals surface area contributed by atoms with E-state index in [2.05, 4.69) is 15.7 Å². The predicted octanol–water partition coefficient (Wildman–Crippen LogP) is 1.93. The SMILES string of the molecule is Cc1cccc(NC(=O)c2ccc(NN)cc2)n1. The van der Waals surface area contributed by atoms with Crippen molar-refractivity contribution in [1.29, 1.82) is 0 Å². The van der Waals surface area contributed by atoms with Gasteiger partial charge in [0.15, 0.2) is 0 Å². The number of aromatic nitrogens is 1. The maximum atomic E-state index is 11.9. The number of rotatable bonds is 3. The van der Waals surface area contributed by atoms with Gasteiger partial charge in [-0.15, -0.1) is 0 Å². The number of hydrazine groups is 1. The zero-order valence-electron chi connectivity index (χ0n) is 9.97. The summed E-state index contributed by atoms with van der Waals surface area (Å²) in [7, 11) is 0. The van der Waals surface area contributed by atoms with Crippen LogP contribution in [0.25, 0.3) is 0 Å². The number of nitrogens with zero attached hydrogens (tertiary/aromatic N) is 1. The standard InChI is InChI=1S/C13H14N4O/c1-9-3-2-4-12(15-9)16-13(18)10-5-7-11(17-14)8-6-10/h2-8,17H,14H2,1H3,(H,15,16,18). The van der Waals surface area contributed by atoms with Crippen LogP contribution in [0, 0.1) is 6.92 Å². The molecule has 1 aromatic heterocycles. The number of hydrogen-bond donors (Lipinski definition) is 3. The lowest BCUT2D eigenvalue weighted by Crippen LogP contribution is -2.13. The molecule has 2 aromatic rings. The lowest BCUT2D eigenvalue weighted by molar-refractivity contribution is 0.102. The minimum atomic E-state index is -0.198. The van der Waals surface area contributed by atoms with Gasteiger partial charge in [0.1, 0.15) is 5.82 Å². The second kappa shape index (κ2) is 5.29. The lowest BCUT2D eigenvalue weighted by Gasteiger charge is -2.06. The third-order valence-corrected chi connectivity index (χ3v) is 2.44. The van der Waals surface area contributed by atoms with Gasteiger partial charge >= 0.3 is 0 Å². The van der Waals surface area contributed by atoms with Crippen molar-refractivity contribution in [2.45, 2.75) is 6.92 Å². The zero-order valence-corrected chi connectivity index (χ0v) is 9.97. The number of pyridine rings is 1. The van der Waals surface area contributed by atoms with Crippen LogP contribution in [0.4, 0.5) is 11.5 Å². The summed E-state index contributed by atoms with van der Waals surface area (Å²) in [6, 6.07) is 12.3. The highest BCUT2D eigenvalue weighted by Crippen LogP contribution is 2.10. The molecule has 0 radical (unpaired) electrons. The Balaban J connectivity index is 2.11. The zero-order chi connectivity index (χ0) is 13.0. The molecule has 0 fully saturated rings. The number of carbonyl (C=O) groups is 1. The summed E-state index contributed by atoms with van der Waals surface area (Å²) in [6.45, 7) is 1.87. The number of amides is 1. The summed E-state index contributed by atoms with van der Waals surface area (Å²) < 4.78 is 0. The molecule has 0 saturated carbocycles. The Hall–Kier alpha value is -2.40. The number of hydrogen-bond acceptors (Lipinski definition) is 4. The molecule has 1 aromatic carbocycles. The van der Waals surface area contributed by atoms with E-state index in [1.165, 1.54) is 0 Å². The fourth-order valence-electron chi connectivity index (χ4n) is 1.52. The van der Waals surface area contributed by atoms with E-state index >= 15 is 0 Å². The van der Waals surface area contributed by atoms with Crippen molar-refractivity contribution in [2.24, 2.45) is 5.84 Å². The second-order valence-corrected chi connectivity index (χ2v) is 3.84. The minimum Gasteiger partial charge on any atom is -0.324 e. The fourth-order valence-corrected chi connectivity index (χ4v) is 1.52. The van der Waals surface area contributed by atoms with Crippen LogP contribution in [-0.4, -0.2) is 10.9 Å². The first-order chi connectivity index (χ1) is 8.69. The number of nitrogen functional groups attached to an aromatic ring is 1. The molecule has 5 heteroatoms. The number of nitrogens with two attached hydrogens (primary N) is 1. The van der Waals surface area contributed by atoms with Crippen LogP contribution in [0.3, 0.4) is 0 Å². The van der Waals surface area contributed by atoms with E-state index in [-0.39, 0.29) is 5.91 Å². The van der Waals surface area contributed by atoms with Crippen molar-refractivity contribution in [3.05, 3.63) is 53.7 Å². The van der Waals surface area contributed by atoms with Gasteiger partial charge in [0, 0.05) is 16.9 Å². The Kier molecular flexibility index (Phi) is 3.54. The van der Waals surface area contributed by atoms with Gasteiger partial charge in [0.05, 0.1) is 0 Å². The van der Waals surface area contributed by atoms with Crippen molar-refractivity contribution >= 4 is 17.4 Å². The van der Waals surface area contributed by atoms with Crippen molar-refractivity contribution in [3.8, 4) is 0 Å². The topological polar surface area (TPSA) is 80.0 Å². The normalized spacial score (nSPS) is 9.89. The molecule has 0 unspecified atom stereocenters. The summed E-state index contributed by atoms with van der Waals surface area (Å²) in [5.41, 5.74) is 4.67. The fraction of sp³-hybridized carbons (Fsp3) is 0.0769. The quantitative estimate of drug-likeness (QED) is 0.567. The van der Waals surface area contributed by atoms with Crippen LogP contribution in [-0.2, 0) is 0 Å². The summed E-state index contributed by atoms with van der Waals surface area (Å²) in [5.74, 6) is 5.60. The first kappa shape index (κ1) is 12.1. The van der Waals surface area contributed by atoms with Crippen molar-refractivity contribution in [2.75, 3.05) is 10.7 Å². The second-order valence-electron chi connectivity index (χ2n) is 3.84. The van der Waals surface area contributed by atoms with E-state index in [1.807, 2.05) is 19.1 Å². The van der Waals surface area contributed by atoms with Crippen LogP contribution in [0.15, 0.2) is 42.5 Å². The van der Waals surface area contributed by atoms with Gasteiger partial charge in [0.25, 0.3) is 5.91 Å². The molecule has 2 rings (SSSR count). The molecule has 0 saturated heterocycles. The number of carbonyl (C=O) groups excluding carboxylic acids is 1. The maximum Gasteiger partial charge on any atom is 0.256 e. The van der Waals surface area contributed by atoms with Gasteiger partial charge in [-0.05, 0) is 43.3 Å². The summed E-state index contributed by atoms with van der Waals surface area (Å²) >= 11 is 0. The molecule has 0 spiro atoms. The number of benzene rings is 1. The van der Waals surface area contributed by atoms with Crippen LogP contribution in [0.5, 0.6) is 0 Å². The molecule has 1 heterocycles. The molecule has 0 aliphatic heterocycles. The van der Waals surface area contributed by atoms with E-state index in [4.69, 9.17) is 5.84 Å². The minimum absolute atomic E-state index is 0.198. The van der Waals surface area contributed by atoms with Gasteiger partial charge in [-0.2, -0.15) is 0 Å². The molecular weight excluding hydrogens is 228 g/mol. The molecule has 5 nitrogen and oxygen atoms in total. The molecule has 1 amide bonds. The Morgan fingerprint density at radius 2 is 1.89 bits per heavy atom. The smallest absolute Gasteiger partial charge is 0.256 e.